The molecule has 31 heavy (non-hydrogen) atoms. The van der Waals surface area contributed by atoms with Gasteiger partial charge < -0.3 is 21.1 Å². The fourth-order valence-electron chi connectivity index (χ4n) is 3.55. The van der Waals surface area contributed by atoms with Crippen LogP contribution in [0.1, 0.15) is 31.7 Å². The van der Waals surface area contributed by atoms with Crippen molar-refractivity contribution in [2.24, 2.45) is 0 Å². The second kappa shape index (κ2) is 10.2. The standard InChI is InChI=1S/C20H30FN5O3S2/c1-14-9-18(31(28,29)26-19-24-7-8-30-19)16(21)10-17(14)23-6-4-3-5-22-12-15-11-20(2,27)13-25-15/h7-10,15,22-23,25,27H,3-6,11-13H2,1-2H3,(H,24,26). The highest BCUT2D eigenvalue weighted by Crippen LogP contribution is 2.26. The molecule has 0 amide bonds. The van der Waals surface area contributed by atoms with Crippen molar-refractivity contribution in [1.82, 2.24) is 15.6 Å². The summed E-state index contributed by atoms with van der Waals surface area (Å²) < 4.78 is 41.7. The van der Waals surface area contributed by atoms with E-state index in [1.807, 2.05) is 6.92 Å². The van der Waals surface area contributed by atoms with E-state index in [1.165, 1.54) is 18.3 Å². The Morgan fingerprint density at radius 2 is 2.13 bits per heavy atom. The minimum absolute atomic E-state index is 0.196. The van der Waals surface area contributed by atoms with Gasteiger partial charge in [-0.2, -0.15) is 0 Å². The van der Waals surface area contributed by atoms with E-state index in [0.29, 0.717) is 30.4 Å². The quantitative estimate of drug-likeness (QED) is 0.319. The number of β-amino-alcohol motifs (C(OH)–C–C–N with tert-alkyl or cyclic N) is 1. The van der Waals surface area contributed by atoms with Crippen molar-refractivity contribution in [2.75, 3.05) is 36.2 Å². The van der Waals surface area contributed by atoms with Crippen LogP contribution in [0.5, 0.6) is 0 Å². The normalized spacial score (nSPS) is 21.4. The van der Waals surface area contributed by atoms with E-state index in [-0.39, 0.29) is 5.13 Å². The van der Waals surface area contributed by atoms with Gasteiger partial charge in [-0.25, -0.2) is 17.8 Å². The maximum Gasteiger partial charge on any atom is 0.266 e. The Balaban J connectivity index is 1.42. The minimum atomic E-state index is -4.04. The SMILES string of the molecule is Cc1cc(S(=O)(=O)Nc2nccs2)c(F)cc1NCCCCNCC1CC(C)(O)CN1. The average molecular weight is 472 g/mol. The Labute approximate surface area is 186 Å². The lowest BCUT2D eigenvalue weighted by Gasteiger charge is -2.15. The highest BCUT2D eigenvalue weighted by atomic mass is 32.2. The van der Waals surface area contributed by atoms with Crippen LogP contribution < -0.4 is 20.7 Å². The van der Waals surface area contributed by atoms with E-state index in [9.17, 15) is 17.9 Å². The number of aryl methyl sites for hydroxylation is 1. The molecule has 2 unspecified atom stereocenters. The molecule has 2 aromatic rings. The summed E-state index contributed by atoms with van der Waals surface area (Å²) in [6.07, 6.45) is 4.05. The summed E-state index contributed by atoms with van der Waals surface area (Å²) in [7, 11) is -4.04. The number of aliphatic hydroxyl groups is 1. The van der Waals surface area contributed by atoms with Crippen LogP contribution in [-0.2, 0) is 10.0 Å². The molecular formula is C20H30FN5O3S2. The first-order valence-electron chi connectivity index (χ1n) is 10.3. The van der Waals surface area contributed by atoms with Crippen LogP contribution in [0.3, 0.4) is 0 Å². The average Bonchev–Trinajstić information content (AvgIpc) is 3.31. The van der Waals surface area contributed by atoms with Crippen molar-refractivity contribution in [2.45, 2.75) is 49.6 Å². The fourth-order valence-corrected chi connectivity index (χ4v) is 5.49. The maximum absolute atomic E-state index is 14.5. The van der Waals surface area contributed by atoms with Crippen LogP contribution in [0.15, 0.2) is 28.6 Å². The van der Waals surface area contributed by atoms with E-state index < -0.39 is 26.3 Å². The number of halogens is 1. The number of aromatic nitrogens is 1. The predicted molar refractivity (Wildman–Crippen MR) is 122 cm³/mol. The van der Waals surface area contributed by atoms with Gasteiger partial charge in [-0.05, 0) is 57.4 Å². The second-order valence-corrected chi connectivity index (χ2v) is 10.7. The maximum atomic E-state index is 14.5. The minimum Gasteiger partial charge on any atom is -0.389 e. The van der Waals surface area contributed by atoms with Gasteiger partial charge in [0.1, 0.15) is 10.7 Å². The van der Waals surface area contributed by atoms with Gasteiger partial charge in [-0.15, -0.1) is 11.3 Å². The predicted octanol–water partition coefficient (Wildman–Crippen LogP) is 2.29. The van der Waals surface area contributed by atoms with Crippen molar-refractivity contribution in [3.05, 3.63) is 35.1 Å². The molecule has 3 rings (SSSR count). The molecule has 1 fully saturated rings. The summed E-state index contributed by atoms with van der Waals surface area (Å²) in [5, 5.41) is 21.6. The van der Waals surface area contributed by atoms with Crippen LogP contribution in [-0.4, -0.2) is 56.3 Å². The summed E-state index contributed by atoms with van der Waals surface area (Å²) in [4.78, 5) is 3.48. The Morgan fingerprint density at radius 3 is 2.81 bits per heavy atom. The third-order valence-electron chi connectivity index (χ3n) is 5.17. The van der Waals surface area contributed by atoms with Gasteiger partial charge in [0.15, 0.2) is 5.13 Å². The van der Waals surface area contributed by atoms with E-state index in [0.717, 1.165) is 43.7 Å². The Kier molecular flexibility index (Phi) is 7.87. The smallest absolute Gasteiger partial charge is 0.266 e. The first-order chi connectivity index (χ1) is 14.7. The number of rotatable bonds is 11. The molecule has 2 heterocycles. The molecule has 1 saturated heterocycles. The van der Waals surface area contributed by atoms with Gasteiger partial charge in [-0.1, -0.05) is 0 Å². The number of thiazole rings is 1. The Hall–Kier alpha value is -1.79. The number of nitrogens with one attached hydrogen (secondary N) is 4. The Morgan fingerprint density at radius 1 is 1.35 bits per heavy atom. The number of unbranched alkanes of at least 4 members (excludes halogenated alkanes) is 1. The zero-order valence-electron chi connectivity index (χ0n) is 17.7. The molecule has 0 spiro atoms. The first kappa shape index (κ1) is 23.9. The molecule has 1 aliphatic heterocycles. The van der Waals surface area contributed by atoms with E-state index in [2.05, 4.69) is 25.7 Å². The largest absolute Gasteiger partial charge is 0.389 e. The molecule has 2 atom stereocenters. The van der Waals surface area contributed by atoms with Crippen LogP contribution in [0, 0.1) is 12.7 Å². The van der Waals surface area contributed by atoms with Crippen LogP contribution in [0.2, 0.25) is 0 Å². The zero-order valence-corrected chi connectivity index (χ0v) is 19.4. The molecule has 0 aliphatic carbocycles. The van der Waals surface area contributed by atoms with Crippen LogP contribution in [0.4, 0.5) is 15.2 Å². The number of nitrogens with zero attached hydrogens (tertiary/aromatic N) is 1. The molecule has 1 aromatic heterocycles. The van der Waals surface area contributed by atoms with Gasteiger partial charge in [0.05, 0.1) is 5.60 Å². The molecule has 0 radical (unpaired) electrons. The number of anilines is 2. The summed E-state index contributed by atoms with van der Waals surface area (Å²) in [6, 6.07) is 2.85. The summed E-state index contributed by atoms with van der Waals surface area (Å²) in [6.45, 7) is 6.54. The van der Waals surface area contributed by atoms with Crippen molar-refractivity contribution in [1.29, 1.82) is 0 Å². The summed E-state index contributed by atoms with van der Waals surface area (Å²) in [5.74, 6) is -0.807. The third kappa shape index (κ3) is 6.84. The number of benzene rings is 1. The topological polar surface area (TPSA) is 115 Å². The molecule has 8 nitrogen and oxygen atoms in total. The first-order valence-corrected chi connectivity index (χ1v) is 12.7. The van der Waals surface area contributed by atoms with E-state index in [1.54, 1.807) is 12.3 Å². The molecule has 1 aromatic carbocycles. The van der Waals surface area contributed by atoms with Gasteiger partial charge in [0.25, 0.3) is 10.0 Å². The van der Waals surface area contributed by atoms with Crippen LogP contribution in [0.25, 0.3) is 0 Å². The van der Waals surface area contributed by atoms with Gasteiger partial charge in [-0.3, -0.25) is 4.72 Å². The molecule has 11 heteroatoms. The van der Waals surface area contributed by atoms with Crippen molar-refractivity contribution in [3.63, 3.8) is 0 Å². The van der Waals surface area contributed by atoms with Crippen LogP contribution >= 0.6 is 11.3 Å². The lowest BCUT2D eigenvalue weighted by molar-refractivity contribution is 0.0792. The van der Waals surface area contributed by atoms with Gasteiger partial charge in [0, 0.05) is 42.9 Å². The highest BCUT2D eigenvalue weighted by Gasteiger charge is 2.31. The van der Waals surface area contributed by atoms with Crippen molar-refractivity contribution in [3.8, 4) is 0 Å². The third-order valence-corrected chi connectivity index (χ3v) is 7.34. The number of hydrogen-bond donors (Lipinski definition) is 5. The summed E-state index contributed by atoms with van der Waals surface area (Å²) >= 11 is 1.13. The zero-order chi connectivity index (χ0) is 22.5. The lowest BCUT2D eigenvalue weighted by Crippen LogP contribution is -2.34. The number of hydrogen-bond acceptors (Lipinski definition) is 8. The molecule has 0 bridgehead atoms. The molecule has 1 aliphatic rings. The van der Waals surface area contributed by atoms with Gasteiger partial charge in [0.2, 0.25) is 0 Å². The molecule has 5 N–H and O–H groups in total. The molecular weight excluding hydrogens is 441 g/mol. The van der Waals surface area contributed by atoms with E-state index in [4.69, 9.17) is 0 Å². The number of sulfonamides is 1. The van der Waals surface area contributed by atoms with Crippen molar-refractivity contribution >= 4 is 32.2 Å². The fraction of sp³-hybridized carbons (Fsp3) is 0.550. The molecule has 0 saturated carbocycles. The van der Waals surface area contributed by atoms with Crippen molar-refractivity contribution < 1.29 is 17.9 Å². The summed E-state index contributed by atoms with van der Waals surface area (Å²) in [5.41, 5.74) is 0.615. The lowest BCUT2D eigenvalue weighted by atomic mass is 10.0. The second-order valence-electron chi connectivity index (χ2n) is 8.16. The Bertz CT molecular complexity index is 967. The molecule has 172 valence electrons. The monoisotopic (exact) mass is 471 g/mol. The van der Waals surface area contributed by atoms with E-state index >= 15 is 0 Å². The highest BCUT2D eigenvalue weighted by molar-refractivity contribution is 7.93. The van der Waals surface area contributed by atoms with Gasteiger partial charge >= 0.3 is 0 Å².